The van der Waals surface area contributed by atoms with Gasteiger partial charge in [-0.1, -0.05) is 13.0 Å². The topological polar surface area (TPSA) is 13.1 Å². The van der Waals surface area contributed by atoms with Crippen molar-refractivity contribution in [3.63, 3.8) is 0 Å². The van der Waals surface area contributed by atoms with E-state index in [0.717, 1.165) is 13.0 Å². The van der Waals surface area contributed by atoms with Crippen LogP contribution in [0.5, 0.6) is 0 Å². The minimum absolute atomic E-state index is 0.772. The van der Waals surface area contributed by atoms with Gasteiger partial charge in [0.1, 0.15) is 52.7 Å². The highest BCUT2D eigenvalue weighted by molar-refractivity contribution is 7.20. The number of hydrogen-bond acceptors (Lipinski definition) is 1. The molecule has 0 bridgehead atoms. The molecule has 1 aromatic heterocycles. The molecule has 0 atom stereocenters. The molecule has 2 nitrogen and oxygen atoms in total. The summed E-state index contributed by atoms with van der Waals surface area (Å²) in [5, 5.41) is 0. The van der Waals surface area contributed by atoms with Gasteiger partial charge in [0.05, 0.1) is 0 Å². The van der Waals surface area contributed by atoms with Crippen molar-refractivity contribution in [3.05, 3.63) is 147 Å². The fourth-order valence-corrected chi connectivity index (χ4v) is 5.54. The molecule has 0 amide bonds. The van der Waals surface area contributed by atoms with Gasteiger partial charge < -0.3 is 0 Å². The third-order valence-corrected chi connectivity index (χ3v) is 7.84. The second-order valence-electron chi connectivity index (χ2n) is 10.9. The summed E-state index contributed by atoms with van der Waals surface area (Å²) in [6, 6.07) is 5.84. The van der Waals surface area contributed by atoms with Crippen LogP contribution >= 0.6 is 0 Å². The fraction of sp³-hybridized carbons (Fsp3) is 0.0938. The zero-order valence-electron chi connectivity index (χ0n) is 26.3. The highest BCUT2D eigenvalue weighted by atomic mass is 19.2. The van der Waals surface area contributed by atoms with E-state index in [4.69, 9.17) is 4.84 Å². The smallest absolute Gasteiger partial charge is 0.222 e. The number of aromatic nitrogens is 1. The summed E-state index contributed by atoms with van der Waals surface area (Å²) in [6.45, 7) is 2.86. The number of halogens is 20. The van der Waals surface area contributed by atoms with Crippen molar-refractivity contribution in [1.29, 1.82) is 0 Å². The van der Waals surface area contributed by atoms with Crippen molar-refractivity contribution in [2.24, 2.45) is 0 Å². The van der Waals surface area contributed by atoms with Gasteiger partial charge in [-0.3, -0.25) is 4.84 Å². The van der Waals surface area contributed by atoms with Crippen molar-refractivity contribution < 1.29 is 97.4 Å². The first-order valence-corrected chi connectivity index (χ1v) is 14.5. The monoisotopic (exact) mass is 817 g/mol. The van der Waals surface area contributed by atoms with Gasteiger partial charge in [0.15, 0.2) is 76.4 Å². The lowest BCUT2D eigenvalue weighted by atomic mass is 9.12. The molecule has 0 N–H and O–H groups in total. The predicted molar refractivity (Wildman–Crippen MR) is 148 cm³/mol. The molecule has 0 saturated carbocycles. The Bertz CT molecular complexity index is 1940. The Morgan fingerprint density at radius 3 is 0.745 bits per heavy atom. The lowest BCUT2D eigenvalue weighted by molar-refractivity contribution is -0.891. The number of rotatable bonds is 7. The molecule has 0 aliphatic heterocycles. The number of hydrogen-bond donors (Lipinski definition) is 0. The standard InChI is InChI=1S/C24BF20.C8H12NO/c26-5-1(6(27)14(35)21(42)13(5)34)25(2-7(28)15(36)22(43)16(37)8(2)29,3-9(30)17(38)23(44)18(39)10(3)31)4-11(32)19(40)24(45)20(41)12(4)33;1-2-8-10-9-6-4-3-5-7-9/h;3-7H,2,8H2,1H3/q-1;+1. The van der Waals surface area contributed by atoms with E-state index < -0.39 is 144 Å². The third-order valence-electron chi connectivity index (χ3n) is 7.84. The third kappa shape index (κ3) is 6.55. The Balaban J connectivity index is 0.000000583. The Labute approximate surface area is 292 Å². The SMILES string of the molecule is CCCO[n+]1ccccc1.Fc1c(F)c(F)c([B-](c2c(F)c(F)c(F)c(F)c2F)(c2c(F)c(F)c(F)c(F)c2F)c2c(F)c(F)c(F)c(F)c2F)c(F)c1F. The summed E-state index contributed by atoms with van der Waals surface area (Å²) in [4.78, 5) is 5.27. The van der Waals surface area contributed by atoms with Crippen LogP contribution in [0.4, 0.5) is 87.8 Å². The molecule has 5 aromatic rings. The Morgan fingerprint density at radius 1 is 0.345 bits per heavy atom. The van der Waals surface area contributed by atoms with E-state index in [-0.39, 0.29) is 0 Å². The second kappa shape index (κ2) is 15.7. The first kappa shape index (κ1) is 42.2. The largest absolute Gasteiger partial charge is 0.271 e. The molecule has 55 heavy (non-hydrogen) atoms. The number of nitrogens with zero attached hydrogens (tertiary/aromatic N) is 1. The zero-order valence-corrected chi connectivity index (χ0v) is 26.3. The van der Waals surface area contributed by atoms with Crippen LogP contribution in [0.1, 0.15) is 13.3 Å². The lowest BCUT2D eigenvalue weighted by Gasteiger charge is -2.44. The Morgan fingerprint density at radius 2 is 0.545 bits per heavy atom. The van der Waals surface area contributed by atoms with Crippen LogP contribution in [-0.4, -0.2) is 12.8 Å². The molecule has 0 aliphatic rings. The molecular weight excluding hydrogens is 805 g/mol. The summed E-state index contributed by atoms with van der Waals surface area (Å²) in [5.74, 6) is -71.4. The zero-order chi connectivity index (χ0) is 41.6. The lowest BCUT2D eigenvalue weighted by Crippen LogP contribution is -2.81. The van der Waals surface area contributed by atoms with E-state index in [9.17, 15) is 52.7 Å². The van der Waals surface area contributed by atoms with E-state index in [1.807, 2.05) is 30.6 Å². The van der Waals surface area contributed by atoms with E-state index in [2.05, 4.69) is 6.92 Å². The molecule has 23 heteroatoms. The van der Waals surface area contributed by atoms with E-state index >= 15 is 35.1 Å². The molecule has 294 valence electrons. The summed E-state index contributed by atoms with van der Waals surface area (Å²) < 4.78 is 296. The summed E-state index contributed by atoms with van der Waals surface area (Å²) in [6.07, 6.45) is -2.40. The van der Waals surface area contributed by atoms with Gasteiger partial charge >= 0.3 is 0 Å². The van der Waals surface area contributed by atoms with E-state index in [0.29, 0.717) is 0 Å². The molecule has 0 unspecified atom stereocenters. The van der Waals surface area contributed by atoms with Gasteiger partial charge in [0, 0.05) is 16.9 Å². The highest BCUT2D eigenvalue weighted by Crippen LogP contribution is 2.30. The van der Waals surface area contributed by atoms with Crippen LogP contribution in [0.2, 0.25) is 0 Å². The molecule has 0 aliphatic carbocycles. The van der Waals surface area contributed by atoms with Crippen LogP contribution in [0.3, 0.4) is 0 Å². The molecular formula is C32H12BF20NO. The van der Waals surface area contributed by atoms with Crippen LogP contribution in [0.15, 0.2) is 30.6 Å². The molecule has 5 rings (SSSR count). The minimum atomic E-state index is -7.22. The van der Waals surface area contributed by atoms with Gasteiger partial charge in [-0.05, 0) is 6.42 Å². The van der Waals surface area contributed by atoms with E-state index in [1.165, 1.54) is 0 Å². The average Bonchev–Trinajstić information content (AvgIpc) is 3.17. The van der Waals surface area contributed by atoms with Crippen molar-refractivity contribution in [3.8, 4) is 0 Å². The number of benzene rings is 4. The maximum Gasteiger partial charge on any atom is 0.222 e. The minimum Gasteiger partial charge on any atom is -0.271 e. The summed E-state index contributed by atoms with van der Waals surface area (Å²) in [7, 11) is 0. The van der Waals surface area contributed by atoms with Gasteiger partial charge in [0.25, 0.3) is 0 Å². The Hall–Kier alpha value is -5.51. The molecule has 0 radical (unpaired) electrons. The van der Waals surface area contributed by atoms with Crippen molar-refractivity contribution >= 4 is 28.0 Å². The van der Waals surface area contributed by atoms with Gasteiger partial charge in [-0.2, -0.15) is 0 Å². The second-order valence-corrected chi connectivity index (χ2v) is 10.9. The van der Waals surface area contributed by atoms with Crippen molar-refractivity contribution in [2.45, 2.75) is 13.3 Å². The summed E-state index contributed by atoms with van der Waals surface area (Å²) >= 11 is 0. The Kier molecular flexibility index (Phi) is 12.1. The van der Waals surface area contributed by atoms with Crippen LogP contribution in [0, 0.1) is 116 Å². The summed E-state index contributed by atoms with van der Waals surface area (Å²) in [5.41, 5.74) is -14.3. The predicted octanol–water partition coefficient (Wildman–Crippen LogP) is 6.66. The van der Waals surface area contributed by atoms with Crippen LogP contribution in [-0.2, 0) is 0 Å². The average molecular weight is 817 g/mol. The van der Waals surface area contributed by atoms with Gasteiger partial charge in [-0.15, -0.1) is 21.9 Å². The molecule has 0 saturated heterocycles. The normalized spacial score (nSPS) is 11.5. The maximum atomic E-state index is 15.4. The number of pyridine rings is 1. The van der Waals surface area contributed by atoms with Crippen molar-refractivity contribution in [2.75, 3.05) is 6.61 Å². The first-order valence-electron chi connectivity index (χ1n) is 14.5. The molecule has 4 aromatic carbocycles. The molecule has 0 fully saturated rings. The first-order chi connectivity index (χ1) is 25.6. The van der Waals surface area contributed by atoms with Gasteiger partial charge in [0.2, 0.25) is 12.4 Å². The van der Waals surface area contributed by atoms with Crippen LogP contribution in [0.25, 0.3) is 0 Å². The molecule has 1 heterocycles. The quantitative estimate of drug-likeness (QED) is 0.0590. The van der Waals surface area contributed by atoms with Crippen LogP contribution < -0.4 is 31.4 Å². The fourth-order valence-electron chi connectivity index (χ4n) is 5.54. The van der Waals surface area contributed by atoms with E-state index in [1.54, 1.807) is 4.73 Å². The maximum absolute atomic E-state index is 15.4. The van der Waals surface area contributed by atoms with Crippen molar-refractivity contribution in [1.82, 2.24) is 0 Å². The highest BCUT2D eigenvalue weighted by Gasteiger charge is 2.52. The molecule has 0 spiro atoms. The van der Waals surface area contributed by atoms with Gasteiger partial charge in [-0.25, -0.2) is 87.8 Å².